The van der Waals surface area contributed by atoms with Crippen LogP contribution >= 0.6 is 0 Å². The van der Waals surface area contributed by atoms with Gasteiger partial charge in [-0.25, -0.2) is 4.39 Å². The van der Waals surface area contributed by atoms with Crippen molar-refractivity contribution in [3.8, 4) is 17.2 Å². The van der Waals surface area contributed by atoms with Gasteiger partial charge in [0.1, 0.15) is 11.5 Å². The van der Waals surface area contributed by atoms with Crippen molar-refractivity contribution in [3.05, 3.63) is 53.8 Å². The van der Waals surface area contributed by atoms with Gasteiger partial charge in [0.2, 0.25) is 0 Å². The second-order valence-corrected chi connectivity index (χ2v) is 6.49. The second kappa shape index (κ2) is 8.29. The Morgan fingerprint density at radius 2 is 1.93 bits per heavy atom. The highest BCUT2D eigenvalue weighted by Crippen LogP contribution is 2.39. The molecular formula is C21H24FNO4. The first kappa shape index (κ1) is 19.0. The molecule has 3 rings (SSSR count). The number of nitrogens with zero attached hydrogens (tertiary/aromatic N) is 1. The summed E-state index contributed by atoms with van der Waals surface area (Å²) in [5.41, 5.74) is 0.904. The number of amides is 1. The van der Waals surface area contributed by atoms with Crippen LogP contribution in [0, 0.1) is 5.82 Å². The van der Waals surface area contributed by atoms with Gasteiger partial charge in [0.05, 0.1) is 20.3 Å². The number of ether oxygens (including phenoxy) is 3. The summed E-state index contributed by atoms with van der Waals surface area (Å²) in [4.78, 5) is 14.8. The van der Waals surface area contributed by atoms with E-state index in [-0.39, 0.29) is 17.7 Å². The molecule has 1 aliphatic heterocycles. The highest BCUT2D eigenvalue weighted by Gasteiger charge is 2.35. The normalized spacial score (nSPS) is 17.5. The number of hydrogen-bond donors (Lipinski definition) is 0. The maximum Gasteiger partial charge on any atom is 0.263 e. The molecule has 1 saturated heterocycles. The summed E-state index contributed by atoms with van der Waals surface area (Å²) in [6, 6.07) is 11.5. The van der Waals surface area contributed by atoms with E-state index in [1.165, 1.54) is 12.1 Å². The van der Waals surface area contributed by atoms with Crippen molar-refractivity contribution in [2.45, 2.75) is 31.9 Å². The minimum Gasteiger partial charge on any atom is -0.497 e. The molecule has 5 nitrogen and oxygen atoms in total. The molecule has 0 unspecified atom stereocenters. The van der Waals surface area contributed by atoms with E-state index in [4.69, 9.17) is 14.2 Å². The first-order valence-corrected chi connectivity index (χ1v) is 8.98. The fourth-order valence-electron chi connectivity index (χ4n) is 3.47. The van der Waals surface area contributed by atoms with Crippen LogP contribution in [0.1, 0.15) is 31.4 Å². The molecule has 1 heterocycles. The molecule has 1 aliphatic rings. The lowest BCUT2D eigenvalue weighted by atomic mass is 10.0. The van der Waals surface area contributed by atoms with Gasteiger partial charge in [-0.1, -0.05) is 12.1 Å². The Morgan fingerprint density at radius 1 is 1.15 bits per heavy atom. The maximum absolute atomic E-state index is 13.8. The van der Waals surface area contributed by atoms with E-state index in [1.54, 1.807) is 38.2 Å². The van der Waals surface area contributed by atoms with E-state index in [9.17, 15) is 9.18 Å². The lowest BCUT2D eigenvalue weighted by Gasteiger charge is -2.29. The maximum atomic E-state index is 13.8. The van der Waals surface area contributed by atoms with Crippen LogP contribution in [0.25, 0.3) is 0 Å². The van der Waals surface area contributed by atoms with Crippen LogP contribution in [-0.4, -0.2) is 37.7 Å². The Labute approximate surface area is 158 Å². The Balaban J connectivity index is 1.81. The Morgan fingerprint density at radius 3 is 2.63 bits per heavy atom. The molecule has 0 spiro atoms. The summed E-state index contributed by atoms with van der Waals surface area (Å²) < 4.78 is 30.2. The number of likely N-dealkylation sites (tertiary alicyclic amines) is 1. The molecule has 2 atom stereocenters. The van der Waals surface area contributed by atoms with Gasteiger partial charge < -0.3 is 19.1 Å². The van der Waals surface area contributed by atoms with Crippen molar-refractivity contribution in [1.29, 1.82) is 0 Å². The molecule has 2 aromatic rings. The number of carbonyl (C=O) groups excluding carboxylic acids is 1. The van der Waals surface area contributed by atoms with Crippen LogP contribution in [-0.2, 0) is 4.79 Å². The number of hydrogen-bond acceptors (Lipinski definition) is 4. The van der Waals surface area contributed by atoms with Crippen LogP contribution < -0.4 is 14.2 Å². The topological polar surface area (TPSA) is 48.0 Å². The molecule has 0 aromatic heterocycles. The zero-order valence-corrected chi connectivity index (χ0v) is 15.8. The average Bonchev–Trinajstić information content (AvgIpc) is 3.18. The van der Waals surface area contributed by atoms with Crippen LogP contribution in [0.15, 0.2) is 42.5 Å². The molecule has 1 fully saturated rings. The SMILES string of the molecule is COc1ccc(OC)c([C@@H]2CCCN2C(=O)[C@@H](C)Oc2ccccc2F)c1. The number of carbonyl (C=O) groups is 1. The molecule has 0 aliphatic carbocycles. The Kier molecular flexibility index (Phi) is 5.84. The fourth-order valence-corrected chi connectivity index (χ4v) is 3.47. The Hall–Kier alpha value is -2.76. The highest BCUT2D eigenvalue weighted by atomic mass is 19.1. The van der Waals surface area contributed by atoms with Crippen molar-refractivity contribution < 1.29 is 23.4 Å². The number of para-hydroxylation sites is 1. The van der Waals surface area contributed by atoms with Crippen molar-refractivity contribution in [1.82, 2.24) is 4.90 Å². The van der Waals surface area contributed by atoms with Gasteiger partial charge in [-0.05, 0) is 50.1 Å². The van der Waals surface area contributed by atoms with E-state index >= 15 is 0 Å². The van der Waals surface area contributed by atoms with Gasteiger partial charge in [0, 0.05) is 12.1 Å². The van der Waals surface area contributed by atoms with Gasteiger partial charge in [0.25, 0.3) is 5.91 Å². The van der Waals surface area contributed by atoms with E-state index in [1.807, 2.05) is 18.2 Å². The third-order valence-corrected chi connectivity index (χ3v) is 4.82. The summed E-state index contributed by atoms with van der Waals surface area (Å²) >= 11 is 0. The van der Waals surface area contributed by atoms with Crippen LogP contribution in [0.2, 0.25) is 0 Å². The van der Waals surface area contributed by atoms with Crippen molar-refractivity contribution >= 4 is 5.91 Å². The minimum absolute atomic E-state index is 0.0769. The molecule has 0 N–H and O–H groups in total. The van der Waals surface area contributed by atoms with Crippen molar-refractivity contribution in [2.75, 3.05) is 20.8 Å². The largest absolute Gasteiger partial charge is 0.497 e. The highest BCUT2D eigenvalue weighted by molar-refractivity contribution is 5.81. The molecule has 1 amide bonds. The van der Waals surface area contributed by atoms with Crippen molar-refractivity contribution in [2.24, 2.45) is 0 Å². The minimum atomic E-state index is -0.792. The summed E-state index contributed by atoms with van der Waals surface area (Å²) in [6.07, 6.45) is 0.907. The molecule has 2 aromatic carbocycles. The number of halogens is 1. The number of methoxy groups -OCH3 is 2. The van der Waals surface area contributed by atoms with Crippen LogP contribution in [0.5, 0.6) is 17.2 Å². The summed E-state index contributed by atoms with van der Waals surface area (Å²) in [6.45, 7) is 2.27. The standard InChI is InChI=1S/C21H24FNO4/c1-14(27-20-9-5-4-7-17(20)22)21(24)23-12-6-8-18(23)16-13-15(25-2)10-11-19(16)26-3/h4-5,7,9-11,13-14,18H,6,8,12H2,1-3H3/t14-,18+/m1/s1. The molecule has 0 bridgehead atoms. The van der Waals surface area contributed by atoms with E-state index in [0.29, 0.717) is 18.0 Å². The van der Waals surface area contributed by atoms with Gasteiger partial charge in [-0.2, -0.15) is 0 Å². The Bertz CT molecular complexity index is 811. The third kappa shape index (κ3) is 3.99. The third-order valence-electron chi connectivity index (χ3n) is 4.82. The van der Waals surface area contributed by atoms with Crippen LogP contribution in [0.3, 0.4) is 0 Å². The fraction of sp³-hybridized carbons (Fsp3) is 0.381. The van der Waals surface area contributed by atoms with E-state index in [0.717, 1.165) is 18.4 Å². The zero-order chi connectivity index (χ0) is 19.4. The predicted octanol–water partition coefficient (Wildman–Crippen LogP) is 3.97. The lowest BCUT2D eigenvalue weighted by Crippen LogP contribution is -2.40. The number of benzene rings is 2. The van der Waals surface area contributed by atoms with Crippen LogP contribution in [0.4, 0.5) is 4.39 Å². The summed E-state index contributed by atoms with van der Waals surface area (Å²) in [7, 11) is 3.21. The van der Waals surface area contributed by atoms with Gasteiger partial charge in [-0.3, -0.25) is 4.79 Å². The lowest BCUT2D eigenvalue weighted by molar-refractivity contribution is -0.139. The van der Waals surface area contributed by atoms with E-state index in [2.05, 4.69) is 0 Å². The quantitative estimate of drug-likeness (QED) is 0.769. The van der Waals surface area contributed by atoms with Crippen molar-refractivity contribution in [3.63, 3.8) is 0 Å². The number of rotatable bonds is 6. The predicted molar refractivity (Wildman–Crippen MR) is 99.7 cm³/mol. The van der Waals surface area contributed by atoms with E-state index < -0.39 is 11.9 Å². The second-order valence-electron chi connectivity index (χ2n) is 6.49. The van der Waals surface area contributed by atoms with Gasteiger partial charge >= 0.3 is 0 Å². The van der Waals surface area contributed by atoms with Gasteiger partial charge in [-0.15, -0.1) is 0 Å². The summed E-state index contributed by atoms with van der Waals surface area (Å²) in [5.74, 6) is 0.840. The molecule has 144 valence electrons. The van der Waals surface area contributed by atoms with Gasteiger partial charge in [0.15, 0.2) is 17.7 Å². The first-order chi connectivity index (χ1) is 13.0. The zero-order valence-electron chi connectivity index (χ0n) is 15.8. The molecular weight excluding hydrogens is 349 g/mol. The monoisotopic (exact) mass is 373 g/mol. The smallest absolute Gasteiger partial charge is 0.263 e. The molecule has 0 saturated carbocycles. The average molecular weight is 373 g/mol. The summed E-state index contributed by atoms with van der Waals surface area (Å²) in [5, 5.41) is 0. The molecule has 27 heavy (non-hydrogen) atoms. The molecule has 6 heteroatoms. The molecule has 0 radical (unpaired) electrons. The first-order valence-electron chi connectivity index (χ1n) is 8.98.